The summed E-state index contributed by atoms with van der Waals surface area (Å²) in [5.74, 6) is -1.74. The van der Waals surface area contributed by atoms with E-state index in [0.29, 0.717) is 0 Å². The normalized spacial score (nSPS) is 11.6. The monoisotopic (exact) mass is 188 g/mol. The third-order valence-corrected chi connectivity index (χ3v) is 1.58. The van der Waals surface area contributed by atoms with Gasteiger partial charge in [0, 0.05) is 12.2 Å². The molecule has 0 aliphatic heterocycles. The quantitative estimate of drug-likeness (QED) is 0.530. The first-order valence-electron chi connectivity index (χ1n) is 3.45. The van der Waals surface area contributed by atoms with E-state index in [2.05, 4.69) is 0 Å². The summed E-state index contributed by atoms with van der Waals surface area (Å²) in [6.07, 6.45) is 1.68. The number of carbonyl (C=O) groups is 2. The first-order chi connectivity index (χ1) is 5.31. The summed E-state index contributed by atoms with van der Waals surface area (Å²) in [6.45, 7) is 5.54. The molecule has 0 unspecified atom stereocenters. The maximum atomic E-state index is 10.8. The van der Waals surface area contributed by atoms with Crippen LogP contribution in [0.5, 0.6) is 0 Å². The molecule has 0 radical (unpaired) electrons. The van der Waals surface area contributed by atoms with E-state index in [9.17, 15) is 9.59 Å². The summed E-state index contributed by atoms with van der Waals surface area (Å²) >= 11 is 0. The Kier molecular flexibility index (Phi) is 3.68. The summed E-state index contributed by atoms with van der Waals surface area (Å²) in [5, 5.41) is 8.18. The number of carboxylic acid groups (broad SMARTS) is 1. The molecule has 0 saturated carbocycles. The zero-order valence-corrected chi connectivity index (χ0v) is 8.33. The van der Waals surface area contributed by atoms with Gasteiger partial charge < -0.3 is 9.53 Å². The van der Waals surface area contributed by atoms with Crippen LogP contribution in [0.4, 0.5) is 0 Å². The van der Waals surface area contributed by atoms with Gasteiger partial charge in [0.1, 0.15) is 0 Å². The topological polar surface area (TPSA) is 63.6 Å². The van der Waals surface area contributed by atoms with Gasteiger partial charge in [0.25, 0.3) is 0 Å². The van der Waals surface area contributed by atoms with E-state index in [1.54, 1.807) is 0 Å². The van der Waals surface area contributed by atoms with E-state index in [0.717, 1.165) is 12.2 Å². The van der Waals surface area contributed by atoms with Crippen LogP contribution in [-0.4, -0.2) is 25.4 Å². The fraction of sp³-hybridized carbons (Fsp3) is 0.429. The fourth-order valence-corrected chi connectivity index (χ4v) is 1.15. The standard InChI is InChI=1S/C7H12O4Si/c1-12(2,3)11-7(10)5-4-6(8)9/h4-5H,1-3H3,(H,8,9). The maximum Gasteiger partial charge on any atom is 0.328 e. The molecule has 0 aromatic carbocycles. The van der Waals surface area contributed by atoms with E-state index in [1.807, 2.05) is 19.6 Å². The molecule has 0 spiro atoms. The third kappa shape index (κ3) is 7.01. The predicted molar refractivity (Wildman–Crippen MR) is 46.2 cm³/mol. The Morgan fingerprint density at radius 3 is 2.08 bits per heavy atom. The van der Waals surface area contributed by atoms with Gasteiger partial charge in [-0.2, -0.15) is 0 Å². The SMILES string of the molecule is C[Si](C)(C)OC(=O)C=CC(=O)O. The minimum Gasteiger partial charge on any atom is -0.517 e. The van der Waals surface area contributed by atoms with Crippen molar-refractivity contribution in [3.63, 3.8) is 0 Å². The van der Waals surface area contributed by atoms with E-state index in [4.69, 9.17) is 9.53 Å². The van der Waals surface area contributed by atoms with Gasteiger partial charge in [-0.15, -0.1) is 0 Å². The number of aliphatic carboxylic acids is 1. The lowest BCUT2D eigenvalue weighted by Gasteiger charge is -2.15. The highest BCUT2D eigenvalue weighted by atomic mass is 28.4. The van der Waals surface area contributed by atoms with Crippen molar-refractivity contribution in [3.8, 4) is 0 Å². The van der Waals surface area contributed by atoms with Gasteiger partial charge in [0.2, 0.25) is 8.32 Å². The Labute approximate surface area is 72.0 Å². The van der Waals surface area contributed by atoms with Crippen molar-refractivity contribution in [3.05, 3.63) is 12.2 Å². The predicted octanol–water partition coefficient (Wildman–Crippen LogP) is 1.01. The van der Waals surface area contributed by atoms with Crippen molar-refractivity contribution >= 4 is 20.3 Å². The fourth-order valence-electron chi connectivity index (χ4n) is 0.475. The lowest BCUT2D eigenvalue weighted by atomic mass is 10.5. The van der Waals surface area contributed by atoms with Crippen molar-refractivity contribution in [2.75, 3.05) is 0 Å². The number of carboxylic acids is 1. The molecule has 0 aromatic heterocycles. The number of hydrogen-bond donors (Lipinski definition) is 1. The van der Waals surface area contributed by atoms with Crippen LogP contribution >= 0.6 is 0 Å². The lowest BCUT2D eigenvalue weighted by molar-refractivity contribution is -0.133. The van der Waals surface area contributed by atoms with Gasteiger partial charge in [-0.25, -0.2) is 9.59 Å². The van der Waals surface area contributed by atoms with Crippen molar-refractivity contribution in [2.24, 2.45) is 0 Å². The molecule has 0 aliphatic carbocycles. The van der Waals surface area contributed by atoms with Crippen LogP contribution in [0.15, 0.2) is 12.2 Å². The molecule has 0 saturated heterocycles. The Hall–Kier alpha value is -1.10. The van der Waals surface area contributed by atoms with E-state index in [1.165, 1.54) is 0 Å². The minimum absolute atomic E-state index is 0.587. The summed E-state index contributed by atoms with van der Waals surface area (Å²) in [6, 6.07) is 0. The molecular formula is C7H12O4Si. The molecule has 12 heavy (non-hydrogen) atoms. The highest BCUT2D eigenvalue weighted by Crippen LogP contribution is 2.02. The van der Waals surface area contributed by atoms with Gasteiger partial charge in [0.05, 0.1) is 0 Å². The molecule has 5 heteroatoms. The molecule has 0 amide bonds. The van der Waals surface area contributed by atoms with E-state index < -0.39 is 20.3 Å². The second-order valence-electron chi connectivity index (χ2n) is 3.21. The third-order valence-electron chi connectivity index (χ3n) is 0.769. The van der Waals surface area contributed by atoms with Crippen molar-refractivity contribution < 1.29 is 19.1 Å². The summed E-state index contributed by atoms with van der Waals surface area (Å²) < 4.78 is 4.94. The van der Waals surface area contributed by atoms with Gasteiger partial charge in [0.15, 0.2) is 0 Å². The van der Waals surface area contributed by atoms with Gasteiger partial charge in [-0.05, 0) is 19.6 Å². The van der Waals surface area contributed by atoms with Crippen LogP contribution in [0, 0.1) is 0 Å². The average molecular weight is 188 g/mol. The Morgan fingerprint density at radius 2 is 1.75 bits per heavy atom. The summed E-state index contributed by atoms with van der Waals surface area (Å²) in [5.41, 5.74) is 0. The molecule has 1 N–H and O–H groups in total. The van der Waals surface area contributed by atoms with Gasteiger partial charge in [-0.1, -0.05) is 0 Å². The molecule has 0 rings (SSSR count). The Balaban J connectivity index is 3.99. The highest BCUT2D eigenvalue weighted by Gasteiger charge is 2.18. The second kappa shape index (κ2) is 4.06. The smallest absolute Gasteiger partial charge is 0.328 e. The van der Waals surface area contributed by atoms with Crippen LogP contribution in [0.25, 0.3) is 0 Å². The molecule has 0 heterocycles. The van der Waals surface area contributed by atoms with Crippen molar-refractivity contribution in [2.45, 2.75) is 19.6 Å². The number of rotatable bonds is 3. The first kappa shape index (κ1) is 10.9. The van der Waals surface area contributed by atoms with Crippen LogP contribution in [-0.2, 0) is 14.0 Å². The van der Waals surface area contributed by atoms with Gasteiger partial charge in [-0.3, -0.25) is 0 Å². The molecule has 68 valence electrons. The number of carbonyl (C=O) groups excluding carboxylic acids is 1. The molecule has 0 atom stereocenters. The molecular weight excluding hydrogens is 176 g/mol. The maximum absolute atomic E-state index is 10.8. The van der Waals surface area contributed by atoms with Crippen LogP contribution in [0.1, 0.15) is 0 Å². The van der Waals surface area contributed by atoms with Crippen LogP contribution < -0.4 is 0 Å². The van der Waals surface area contributed by atoms with Crippen LogP contribution in [0.3, 0.4) is 0 Å². The van der Waals surface area contributed by atoms with Crippen LogP contribution in [0.2, 0.25) is 19.6 Å². The van der Waals surface area contributed by atoms with Gasteiger partial charge >= 0.3 is 11.9 Å². The highest BCUT2D eigenvalue weighted by molar-refractivity contribution is 6.71. The van der Waals surface area contributed by atoms with Crippen molar-refractivity contribution in [1.29, 1.82) is 0 Å². The second-order valence-corrected chi connectivity index (χ2v) is 7.63. The minimum atomic E-state index is -1.89. The first-order valence-corrected chi connectivity index (χ1v) is 6.86. The molecule has 0 aromatic rings. The van der Waals surface area contributed by atoms with E-state index >= 15 is 0 Å². The largest absolute Gasteiger partial charge is 0.517 e. The van der Waals surface area contributed by atoms with E-state index in [-0.39, 0.29) is 0 Å². The molecule has 0 bridgehead atoms. The Bertz CT molecular complexity index is 214. The Morgan fingerprint density at radius 1 is 1.25 bits per heavy atom. The zero-order chi connectivity index (χ0) is 9.78. The summed E-state index contributed by atoms with van der Waals surface area (Å²) in [7, 11) is -1.89. The molecule has 4 nitrogen and oxygen atoms in total. The van der Waals surface area contributed by atoms with Crippen molar-refractivity contribution in [1.82, 2.24) is 0 Å². The zero-order valence-electron chi connectivity index (χ0n) is 7.33. The molecule has 0 aliphatic rings. The average Bonchev–Trinajstić information content (AvgIpc) is 1.79. The summed E-state index contributed by atoms with van der Waals surface area (Å²) in [4.78, 5) is 20.8. The lowest BCUT2D eigenvalue weighted by Crippen LogP contribution is -2.28. The number of hydrogen-bond acceptors (Lipinski definition) is 3. The molecule has 0 fully saturated rings.